The summed E-state index contributed by atoms with van der Waals surface area (Å²) in [5.41, 5.74) is 8.68. The molecule has 124 valence electrons. The van der Waals surface area contributed by atoms with E-state index >= 15 is 0 Å². The number of pyridine rings is 1. The summed E-state index contributed by atoms with van der Waals surface area (Å²) in [4.78, 5) is 3.08. The van der Waals surface area contributed by atoms with Crippen LogP contribution in [0.1, 0.15) is 11.1 Å². The van der Waals surface area contributed by atoms with Gasteiger partial charge in [0.1, 0.15) is 18.9 Å². The average Bonchev–Trinajstić information content (AvgIpc) is 2.62. The summed E-state index contributed by atoms with van der Waals surface area (Å²) in [6.07, 6.45) is 0. The Kier molecular flexibility index (Phi) is 6.46. The molecule has 0 aliphatic rings. The molecular formula is C19H19ClN2O2. The molecule has 0 atom stereocenters. The van der Waals surface area contributed by atoms with E-state index in [-0.39, 0.29) is 12.4 Å². The Morgan fingerprint density at radius 2 is 1.25 bits per heavy atom. The molecule has 0 amide bonds. The van der Waals surface area contributed by atoms with Crippen molar-refractivity contribution in [3.05, 3.63) is 83.9 Å². The van der Waals surface area contributed by atoms with Crippen LogP contribution in [-0.4, -0.2) is 0 Å². The molecule has 0 saturated carbocycles. The molecule has 3 rings (SSSR count). The number of nitrogens with one attached hydrogen (secondary N) is 1. The van der Waals surface area contributed by atoms with Crippen LogP contribution >= 0.6 is 0 Å². The summed E-state index contributed by atoms with van der Waals surface area (Å²) in [5.74, 6) is 1.13. The number of benzene rings is 2. The van der Waals surface area contributed by atoms with Gasteiger partial charge in [0, 0.05) is 0 Å². The Hall–Kier alpha value is -2.72. The van der Waals surface area contributed by atoms with Gasteiger partial charge in [0.05, 0.1) is 6.07 Å². The molecule has 1 heterocycles. The van der Waals surface area contributed by atoms with E-state index in [0.29, 0.717) is 30.7 Å². The largest absolute Gasteiger partial charge is 1.00 e. The zero-order valence-electron chi connectivity index (χ0n) is 13.1. The van der Waals surface area contributed by atoms with E-state index in [1.807, 2.05) is 60.7 Å². The van der Waals surface area contributed by atoms with Crippen molar-refractivity contribution < 1.29 is 26.9 Å². The Labute approximate surface area is 147 Å². The second-order valence-electron chi connectivity index (χ2n) is 5.16. The van der Waals surface area contributed by atoms with E-state index in [9.17, 15) is 0 Å². The Balaban J connectivity index is 0.00000208. The van der Waals surface area contributed by atoms with Crippen LogP contribution in [0.4, 0.5) is 5.69 Å². The molecule has 0 saturated heterocycles. The van der Waals surface area contributed by atoms with Crippen LogP contribution in [0.2, 0.25) is 0 Å². The third kappa shape index (κ3) is 4.89. The van der Waals surface area contributed by atoms with Crippen LogP contribution in [0.5, 0.6) is 11.8 Å². The summed E-state index contributed by atoms with van der Waals surface area (Å²) in [6.45, 7) is 0.934. The molecule has 0 radical (unpaired) electrons. The molecule has 3 aromatic rings. The van der Waals surface area contributed by atoms with Gasteiger partial charge >= 0.3 is 11.8 Å². The number of H-pyrrole nitrogens is 1. The van der Waals surface area contributed by atoms with E-state index in [1.54, 1.807) is 12.1 Å². The molecule has 1 aromatic heterocycles. The van der Waals surface area contributed by atoms with E-state index in [1.165, 1.54) is 0 Å². The number of halogens is 1. The number of ether oxygens (including phenoxy) is 2. The summed E-state index contributed by atoms with van der Waals surface area (Å²) >= 11 is 0. The van der Waals surface area contributed by atoms with Crippen LogP contribution in [0.3, 0.4) is 0 Å². The highest BCUT2D eigenvalue weighted by atomic mass is 35.5. The summed E-state index contributed by atoms with van der Waals surface area (Å²) in [6, 6.07) is 23.5. The number of nitrogen functional groups attached to an aromatic ring is 1. The summed E-state index contributed by atoms with van der Waals surface area (Å²) in [5, 5.41) is 0. The molecule has 3 N–H and O–H groups in total. The zero-order chi connectivity index (χ0) is 15.9. The lowest BCUT2D eigenvalue weighted by Gasteiger charge is -2.06. The molecule has 0 aliphatic carbocycles. The van der Waals surface area contributed by atoms with Gasteiger partial charge in [-0.3, -0.25) is 0 Å². The first-order chi connectivity index (χ1) is 11.3. The molecular weight excluding hydrogens is 324 g/mol. The highest BCUT2D eigenvalue weighted by Gasteiger charge is 2.13. The predicted molar refractivity (Wildman–Crippen MR) is 89.0 cm³/mol. The Morgan fingerprint density at radius 3 is 1.83 bits per heavy atom. The second kappa shape index (κ2) is 8.79. The smallest absolute Gasteiger partial charge is 0.393 e. The quantitative estimate of drug-likeness (QED) is 0.698. The maximum absolute atomic E-state index is 5.95. The van der Waals surface area contributed by atoms with Gasteiger partial charge < -0.3 is 27.6 Å². The third-order valence-electron chi connectivity index (χ3n) is 3.38. The number of anilines is 1. The molecule has 2 aromatic carbocycles. The maximum Gasteiger partial charge on any atom is 0.393 e. The molecule has 4 nitrogen and oxygen atoms in total. The zero-order valence-corrected chi connectivity index (χ0v) is 13.9. The maximum atomic E-state index is 5.95. The van der Waals surface area contributed by atoms with Gasteiger partial charge in [-0.15, -0.1) is 4.98 Å². The Bertz CT molecular complexity index is 752. The van der Waals surface area contributed by atoms with Crippen LogP contribution < -0.4 is 32.6 Å². The van der Waals surface area contributed by atoms with E-state index < -0.39 is 0 Å². The van der Waals surface area contributed by atoms with Gasteiger partial charge in [0.15, 0.2) is 0 Å². The van der Waals surface area contributed by atoms with Crippen LogP contribution in [-0.2, 0) is 13.2 Å². The van der Waals surface area contributed by atoms with E-state index in [0.717, 1.165) is 11.1 Å². The van der Waals surface area contributed by atoms with E-state index in [2.05, 4.69) is 4.98 Å². The highest BCUT2D eigenvalue weighted by molar-refractivity contribution is 5.45. The standard InChI is InChI=1S/C19H18N2O2.ClH/c20-17-11-12-18(22-13-15-7-3-1-4-8-15)21-19(17)23-14-16-9-5-2-6-10-16;/h1-12H,13-14,20H2;1H. The Morgan fingerprint density at radius 1 is 0.708 bits per heavy atom. The highest BCUT2D eigenvalue weighted by Crippen LogP contribution is 2.19. The van der Waals surface area contributed by atoms with Crippen molar-refractivity contribution in [1.29, 1.82) is 0 Å². The fraction of sp³-hybridized carbons (Fsp3) is 0.105. The minimum atomic E-state index is 0. The number of nitrogens with two attached hydrogens (primary N) is 1. The number of hydrogen-bond acceptors (Lipinski definition) is 3. The fourth-order valence-electron chi connectivity index (χ4n) is 2.14. The number of aromatic nitrogens is 1. The topological polar surface area (TPSA) is 58.6 Å². The molecule has 5 heteroatoms. The lowest BCUT2D eigenvalue weighted by atomic mass is 10.2. The van der Waals surface area contributed by atoms with Gasteiger partial charge in [-0.1, -0.05) is 60.7 Å². The minimum absolute atomic E-state index is 0. The van der Waals surface area contributed by atoms with Crippen LogP contribution in [0, 0.1) is 0 Å². The van der Waals surface area contributed by atoms with Gasteiger partial charge in [0.25, 0.3) is 0 Å². The number of hydrogen-bond donors (Lipinski definition) is 1. The van der Waals surface area contributed by atoms with Crippen molar-refractivity contribution in [2.24, 2.45) is 0 Å². The average molecular weight is 343 g/mol. The monoisotopic (exact) mass is 342 g/mol. The van der Waals surface area contributed by atoms with Crippen molar-refractivity contribution >= 4 is 5.69 Å². The first-order valence-electron chi connectivity index (χ1n) is 7.46. The van der Waals surface area contributed by atoms with Crippen molar-refractivity contribution in [1.82, 2.24) is 0 Å². The molecule has 0 unspecified atom stereocenters. The number of rotatable bonds is 6. The van der Waals surface area contributed by atoms with Crippen LogP contribution in [0.15, 0.2) is 72.8 Å². The first kappa shape index (κ1) is 17.6. The van der Waals surface area contributed by atoms with Gasteiger partial charge in [-0.2, -0.15) is 0 Å². The lowest BCUT2D eigenvalue weighted by molar-refractivity contribution is -0.409. The molecule has 0 bridgehead atoms. The van der Waals surface area contributed by atoms with Gasteiger partial charge in [-0.05, 0) is 17.2 Å². The van der Waals surface area contributed by atoms with E-state index in [4.69, 9.17) is 15.2 Å². The molecule has 0 aliphatic heterocycles. The fourth-order valence-corrected chi connectivity index (χ4v) is 2.14. The molecule has 0 fully saturated rings. The minimum Gasteiger partial charge on any atom is -1.00 e. The number of aromatic amines is 1. The predicted octanol–water partition coefficient (Wildman–Crippen LogP) is 0.245. The van der Waals surface area contributed by atoms with Crippen LogP contribution in [0.25, 0.3) is 0 Å². The third-order valence-corrected chi connectivity index (χ3v) is 3.38. The second-order valence-corrected chi connectivity index (χ2v) is 5.16. The summed E-state index contributed by atoms with van der Waals surface area (Å²) in [7, 11) is 0. The first-order valence-corrected chi connectivity index (χ1v) is 7.46. The molecule has 0 spiro atoms. The van der Waals surface area contributed by atoms with Crippen molar-refractivity contribution in [2.45, 2.75) is 13.2 Å². The lowest BCUT2D eigenvalue weighted by Crippen LogP contribution is -3.00. The van der Waals surface area contributed by atoms with Crippen molar-refractivity contribution in [3.63, 3.8) is 0 Å². The van der Waals surface area contributed by atoms with Gasteiger partial charge in [0.2, 0.25) is 0 Å². The summed E-state index contributed by atoms with van der Waals surface area (Å²) < 4.78 is 11.5. The molecule has 24 heavy (non-hydrogen) atoms. The van der Waals surface area contributed by atoms with Crippen molar-refractivity contribution in [3.8, 4) is 11.8 Å². The van der Waals surface area contributed by atoms with Crippen molar-refractivity contribution in [2.75, 3.05) is 5.73 Å². The SMILES string of the molecule is Nc1ccc(OCc2ccccc2)[nH+]c1OCc1ccccc1.[Cl-]. The normalized spacial score (nSPS) is 9.83. The van der Waals surface area contributed by atoms with Gasteiger partial charge in [-0.25, -0.2) is 0 Å².